The maximum atomic E-state index is 11.6. The monoisotopic (exact) mass is 221 g/mol. The van der Waals surface area contributed by atoms with E-state index >= 15 is 0 Å². The number of esters is 1. The first kappa shape index (κ1) is 15.0. The average molecular weight is 222 g/mol. The highest BCUT2D eigenvalue weighted by atomic mass is 35.5. The van der Waals surface area contributed by atoms with E-state index in [2.05, 4.69) is 4.74 Å². The summed E-state index contributed by atoms with van der Waals surface area (Å²) in [4.78, 5) is 10.5. The molecular formula is C6H11ClF3NO2. The van der Waals surface area contributed by atoms with Crippen LogP contribution in [0.1, 0.15) is 12.8 Å². The van der Waals surface area contributed by atoms with E-state index in [0.29, 0.717) is 0 Å². The molecule has 1 unspecified atom stereocenters. The second-order valence-corrected chi connectivity index (χ2v) is 2.28. The van der Waals surface area contributed by atoms with Gasteiger partial charge >= 0.3 is 12.1 Å². The molecule has 0 amide bonds. The normalized spacial score (nSPS) is 13.0. The first-order valence-corrected chi connectivity index (χ1v) is 3.27. The van der Waals surface area contributed by atoms with Crippen molar-refractivity contribution in [2.45, 2.75) is 25.1 Å². The first-order chi connectivity index (χ1) is 5.37. The Hall–Kier alpha value is -0.490. The fourth-order valence-corrected chi connectivity index (χ4v) is 0.588. The van der Waals surface area contributed by atoms with Gasteiger partial charge in [-0.05, 0) is 6.42 Å². The minimum Gasteiger partial charge on any atom is -0.468 e. The highest BCUT2D eigenvalue weighted by Crippen LogP contribution is 2.21. The van der Waals surface area contributed by atoms with E-state index in [1.54, 1.807) is 0 Å². The largest absolute Gasteiger partial charge is 0.468 e. The summed E-state index contributed by atoms with van der Waals surface area (Å²) >= 11 is 0. The van der Waals surface area contributed by atoms with Gasteiger partial charge in [-0.15, -0.1) is 12.4 Å². The average Bonchev–Trinajstić information content (AvgIpc) is 1.97. The molecule has 13 heavy (non-hydrogen) atoms. The van der Waals surface area contributed by atoms with Gasteiger partial charge in [0.1, 0.15) is 6.04 Å². The molecule has 2 N–H and O–H groups in total. The summed E-state index contributed by atoms with van der Waals surface area (Å²) < 4.78 is 38.9. The Morgan fingerprint density at radius 3 is 2.31 bits per heavy atom. The third kappa shape index (κ3) is 7.86. The molecule has 0 aliphatic carbocycles. The van der Waals surface area contributed by atoms with E-state index < -0.39 is 31.0 Å². The maximum absolute atomic E-state index is 11.6. The topological polar surface area (TPSA) is 52.3 Å². The van der Waals surface area contributed by atoms with Crippen LogP contribution in [0.3, 0.4) is 0 Å². The molecule has 0 heterocycles. The third-order valence-electron chi connectivity index (χ3n) is 1.24. The Morgan fingerprint density at radius 2 is 2.00 bits per heavy atom. The molecule has 80 valence electrons. The van der Waals surface area contributed by atoms with Gasteiger partial charge in [0.05, 0.1) is 7.11 Å². The van der Waals surface area contributed by atoms with Gasteiger partial charge in [-0.2, -0.15) is 13.2 Å². The van der Waals surface area contributed by atoms with E-state index in [-0.39, 0.29) is 12.4 Å². The Balaban J connectivity index is 0. The molecule has 1 atom stereocenters. The lowest BCUT2D eigenvalue weighted by Crippen LogP contribution is -2.32. The summed E-state index contributed by atoms with van der Waals surface area (Å²) in [6.45, 7) is 0. The van der Waals surface area contributed by atoms with Crippen molar-refractivity contribution in [1.82, 2.24) is 0 Å². The zero-order valence-corrected chi connectivity index (χ0v) is 7.74. The predicted octanol–water partition coefficient (Wildman–Crippen LogP) is 1.25. The van der Waals surface area contributed by atoms with Crippen LogP contribution in [0.4, 0.5) is 13.2 Å². The van der Waals surface area contributed by atoms with Crippen molar-refractivity contribution in [2.24, 2.45) is 5.73 Å². The molecule has 0 aromatic rings. The van der Waals surface area contributed by atoms with Gasteiger partial charge < -0.3 is 10.5 Å². The van der Waals surface area contributed by atoms with Crippen molar-refractivity contribution >= 4 is 18.4 Å². The van der Waals surface area contributed by atoms with Crippen molar-refractivity contribution in [2.75, 3.05) is 7.11 Å². The van der Waals surface area contributed by atoms with Crippen molar-refractivity contribution in [3.05, 3.63) is 0 Å². The van der Waals surface area contributed by atoms with Gasteiger partial charge in [-0.1, -0.05) is 0 Å². The number of carbonyl (C=O) groups excluding carboxylic acids is 1. The standard InChI is InChI=1S/C6H10F3NO2.ClH/c1-12-5(11)4(10)2-3-6(7,8)9;/h4H,2-3,10H2,1H3;1H. The minimum absolute atomic E-state index is 0. The second-order valence-electron chi connectivity index (χ2n) is 2.28. The van der Waals surface area contributed by atoms with Crippen LogP contribution in [0.25, 0.3) is 0 Å². The molecule has 0 spiro atoms. The number of methoxy groups -OCH3 is 1. The van der Waals surface area contributed by atoms with Crippen LogP contribution in [0.15, 0.2) is 0 Å². The Bertz CT molecular complexity index is 162. The number of rotatable bonds is 3. The fourth-order valence-electron chi connectivity index (χ4n) is 0.588. The highest BCUT2D eigenvalue weighted by molar-refractivity contribution is 5.85. The van der Waals surface area contributed by atoms with E-state index in [4.69, 9.17) is 5.73 Å². The number of hydrogen-bond donors (Lipinski definition) is 1. The van der Waals surface area contributed by atoms with Crippen LogP contribution >= 0.6 is 12.4 Å². The van der Waals surface area contributed by atoms with Gasteiger partial charge in [-0.25, -0.2) is 0 Å². The molecule has 0 bridgehead atoms. The predicted molar refractivity (Wildman–Crippen MR) is 42.5 cm³/mol. The van der Waals surface area contributed by atoms with Gasteiger partial charge in [0, 0.05) is 6.42 Å². The van der Waals surface area contributed by atoms with Gasteiger partial charge in [0.15, 0.2) is 0 Å². The first-order valence-electron chi connectivity index (χ1n) is 3.27. The number of carbonyl (C=O) groups is 1. The smallest absolute Gasteiger partial charge is 0.389 e. The van der Waals surface area contributed by atoms with Gasteiger partial charge in [0.25, 0.3) is 0 Å². The summed E-state index contributed by atoms with van der Waals surface area (Å²) in [6.07, 6.45) is -5.77. The van der Waals surface area contributed by atoms with Crippen molar-refractivity contribution < 1.29 is 22.7 Å². The molecule has 0 aromatic carbocycles. The molecule has 0 aliphatic heterocycles. The summed E-state index contributed by atoms with van der Waals surface area (Å²) in [5.41, 5.74) is 5.06. The third-order valence-corrected chi connectivity index (χ3v) is 1.24. The Kier molecular flexibility index (Phi) is 6.97. The zero-order valence-electron chi connectivity index (χ0n) is 6.93. The summed E-state index contributed by atoms with van der Waals surface area (Å²) in [5.74, 6) is -0.820. The zero-order chi connectivity index (χ0) is 9.78. The second kappa shape index (κ2) is 6.04. The van der Waals surface area contributed by atoms with Gasteiger partial charge in [0.2, 0.25) is 0 Å². The number of nitrogens with two attached hydrogens (primary N) is 1. The number of halogens is 4. The number of hydrogen-bond acceptors (Lipinski definition) is 3. The highest BCUT2D eigenvalue weighted by Gasteiger charge is 2.29. The summed E-state index contributed by atoms with van der Waals surface area (Å²) in [5, 5.41) is 0. The molecular weight excluding hydrogens is 211 g/mol. The molecule has 0 fully saturated rings. The van der Waals surface area contributed by atoms with Crippen molar-refractivity contribution in [1.29, 1.82) is 0 Å². The van der Waals surface area contributed by atoms with Crippen LogP contribution < -0.4 is 5.73 Å². The molecule has 3 nitrogen and oxygen atoms in total. The summed E-state index contributed by atoms with van der Waals surface area (Å²) in [7, 11) is 1.08. The Morgan fingerprint density at radius 1 is 1.54 bits per heavy atom. The molecule has 0 aromatic heterocycles. The molecule has 0 saturated carbocycles. The maximum Gasteiger partial charge on any atom is 0.389 e. The van der Waals surface area contributed by atoms with E-state index in [1.807, 2.05) is 0 Å². The molecule has 7 heteroatoms. The van der Waals surface area contributed by atoms with Crippen LogP contribution in [-0.4, -0.2) is 25.3 Å². The van der Waals surface area contributed by atoms with E-state index in [9.17, 15) is 18.0 Å². The quantitative estimate of drug-likeness (QED) is 0.730. The van der Waals surface area contributed by atoms with Crippen molar-refractivity contribution in [3.8, 4) is 0 Å². The van der Waals surface area contributed by atoms with Crippen LogP contribution in [-0.2, 0) is 9.53 Å². The number of alkyl halides is 3. The Labute approximate surface area is 79.8 Å². The molecule has 0 saturated heterocycles. The summed E-state index contributed by atoms with van der Waals surface area (Å²) in [6, 6.07) is -1.18. The van der Waals surface area contributed by atoms with Crippen LogP contribution in [0.5, 0.6) is 0 Å². The molecule has 0 aliphatic rings. The lowest BCUT2D eigenvalue weighted by molar-refractivity contribution is -0.147. The number of ether oxygens (including phenoxy) is 1. The van der Waals surface area contributed by atoms with Crippen LogP contribution in [0.2, 0.25) is 0 Å². The molecule has 0 radical (unpaired) electrons. The van der Waals surface area contributed by atoms with Gasteiger partial charge in [-0.3, -0.25) is 4.79 Å². The fraction of sp³-hybridized carbons (Fsp3) is 0.833. The lowest BCUT2D eigenvalue weighted by atomic mass is 10.2. The lowest BCUT2D eigenvalue weighted by Gasteiger charge is -2.10. The van der Waals surface area contributed by atoms with Crippen LogP contribution in [0, 0.1) is 0 Å². The van der Waals surface area contributed by atoms with Crippen molar-refractivity contribution in [3.63, 3.8) is 0 Å². The minimum atomic E-state index is -4.27. The molecule has 0 rings (SSSR count). The van der Waals surface area contributed by atoms with E-state index in [1.165, 1.54) is 0 Å². The van der Waals surface area contributed by atoms with E-state index in [0.717, 1.165) is 7.11 Å². The SMILES string of the molecule is COC(=O)C(N)CCC(F)(F)F.Cl.